The highest BCUT2D eigenvalue weighted by Crippen LogP contribution is 2.36. The van der Waals surface area contributed by atoms with Crippen molar-refractivity contribution in [2.45, 2.75) is 51.3 Å². The minimum absolute atomic E-state index is 0.0324. The lowest BCUT2D eigenvalue weighted by Crippen LogP contribution is -2.35. The van der Waals surface area contributed by atoms with Crippen LogP contribution in [0, 0.1) is 5.92 Å². The summed E-state index contributed by atoms with van der Waals surface area (Å²) < 4.78 is 5.60. The smallest absolute Gasteiger partial charge is 0.526 e. The maximum Gasteiger partial charge on any atom is 0.526 e. The Morgan fingerprint density at radius 2 is 2.08 bits per heavy atom. The third-order valence-electron chi connectivity index (χ3n) is 5.51. The molecule has 5 nitrogen and oxygen atoms in total. The largest absolute Gasteiger partial charge is 0.535 e. The van der Waals surface area contributed by atoms with Crippen LogP contribution in [0.15, 0.2) is 29.8 Å². The molecule has 1 heterocycles. The lowest BCUT2D eigenvalue weighted by molar-refractivity contribution is -0.114. The second kappa shape index (κ2) is 8.19. The lowest BCUT2D eigenvalue weighted by Gasteiger charge is -2.28. The summed E-state index contributed by atoms with van der Waals surface area (Å²) in [4.78, 5) is 24.2. The number of hydrogen-bond acceptors (Lipinski definition) is 5. The summed E-state index contributed by atoms with van der Waals surface area (Å²) in [6, 6.07) is 5.40. The summed E-state index contributed by atoms with van der Waals surface area (Å²) in [5, 5.41) is 10.3. The first kappa shape index (κ1) is 18.9. The molecule has 1 aliphatic heterocycles. The maximum atomic E-state index is 12.4. The number of allylic oxidation sites excluding steroid dienone is 2. The second-order valence-electron chi connectivity index (χ2n) is 7.47. The molecular weight excluding hydrogens is 329 g/mol. The molecule has 0 saturated heterocycles. The number of para-hydroxylation sites is 1. The highest BCUT2D eigenvalue weighted by Gasteiger charge is 2.37. The Kier molecular flexibility index (Phi) is 5.94. The molecule has 0 amide bonds. The fourth-order valence-corrected chi connectivity index (χ4v) is 3.91. The van der Waals surface area contributed by atoms with Crippen LogP contribution in [0.5, 0.6) is 5.75 Å². The molecule has 1 saturated carbocycles. The van der Waals surface area contributed by atoms with Gasteiger partial charge < -0.3 is 15.4 Å². The highest BCUT2D eigenvalue weighted by atomic mass is 16.5. The molecule has 138 valence electrons. The van der Waals surface area contributed by atoms with Gasteiger partial charge in [-0.05, 0) is 69.2 Å². The van der Waals surface area contributed by atoms with Crippen molar-refractivity contribution in [2.24, 2.45) is 11.7 Å². The molecule has 0 bridgehead atoms. The molecule has 0 unspecified atom stereocenters. The molecule has 3 rings (SSSR count). The van der Waals surface area contributed by atoms with E-state index >= 15 is 0 Å². The Bertz CT molecular complexity index is 721. The zero-order valence-corrected chi connectivity index (χ0v) is 15.2. The maximum absolute atomic E-state index is 12.4. The molecule has 1 fully saturated rings. The first-order chi connectivity index (χ1) is 12.5. The molecule has 3 N–H and O–H groups in total. The van der Waals surface area contributed by atoms with Crippen LogP contribution >= 0.6 is 0 Å². The zero-order valence-electron chi connectivity index (χ0n) is 15.2. The van der Waals surface area contributed by atoms with Gasteiger partial charge in [-0.25, -0.2) is 0 Å². The van der Waals surface area contributed by atoms with Crippen molar-refractivity contribution in [1.82, 2.24) is 0 Å². The number of ketones is 2. The highest BCUT2D eigenvalue weighted by molar-refractivity contribution is 6.47. The van der Waals surface area contributed by atoms with E-state index in [9.17, 15) is 14.6 Å². The van der Waals surface area contributed by atoms with E-state index < -0.39 is 7.12 Å². The van der Waals surface area contributed by atoms with Crippen molar-refractivity contribution in [2.75, 3.05) is 6.54 Å². The predicted molar refractivity (Wildman–Crippen MR) is 101 cm³/mol. The lowest BCUT2D eigenvalue weighted by atomic mass is 9.64. The van der Waals surface area contributed by atoms with Crippen molar-refractivity contribution in [3.8, 4) is 5.75 Å². The van der Waals surface area contributed by atoms with Gasteiger partial charge in [0.05, 0.1) is 5.56 Å². The number of fused-ring (bicyclic) bond motifs is 1. The van der Waals surface area contributed by atoms with Crippen molar-refractivity contribution in [3.05, 3.63) is 41.0 Å². The molecule has 1 aliphatic carbocycles. The van der Waals surface area contributed by atoms with E-state index in [1.807, 2.05) is 12.1 Å². The van der Waals surface area contributed by atoms with Gasteiger partial charge >= 0.3 is 7.12 Å². The van der Waals surface area contributed by atoms with Crippen LogP contribution in [0.4, 0.5) is 0 Å². The molecule has 1 atom stereocenters. The van der Waals surface area contributed by atoms with Gasteiger partial charge in [0.15, 0.2) is 11.6 Å². The number of hydrogen-bond donors (Lipinski definition) is 2. The van der Waals surface area contributed by atoms with Gasteiger partial charge in [0.1, 0.15) is 5.75 Å². The molecule has 1 aromatic carbocycles. The molecule has 2 aliphatic rings. The summed E-state index contributed by atoms with van der Waals surface area (Å²) in [6.07, 6.45) is 6.49. The average Bonchev–Trinajstić information content (AvgIpc) is 2.62. The van der Waals surface area contributed by atoms with Crippen molar-refractivity contribution < 1.29 is 19.3 Å². The molecule has 6 heteroatoms. The number of benzene rings is 1. The zero-order chi connectivity index (χ0) is 18.7. The van der Waals surface area contributed by atoms with Crippen LogP contribution in [0.1, 0.15) is 54.9 Å². The van der Waals surface area contributed by atoms with Crippen LogP contribution in [-0.4, -0.2) is 30.3 Å². The van der Waals surface area contributed by atoms with Gasteiger partial charge in [-0.3, -0.25) is 9.59 Å². The molecule has 0 aromatic heterocycles. The van der Waals surface area contributed by atoms with Gasteiger partial charge in [0, 0.05) is 12.2 Å². The van der Waals surface area contributed by atoms with Gasteiger partial charge in [0.2, 0.25) is 0 Å². The summed E-state index contributed by atoms with van der Waals surface area (Å²) in [7, 11) is -1.07. The van der Waals surface area contributed by atoms with E-state index in [4.69, 9.17) is 10.4 Å². The number of rotatable bonds is 5. The van der Waals surface area contributed by atoms with Gasteiger partial charge in [0.25, 0.3) is 0 Å². The number of carbonyl (C=O) groups excluding carboxylic acids is 2. The number of carbonyl (C=O) groups is 2. The molecular formula is C20H26BNO4. The Labute approximate surface area is 154 Å². The van der Waals surface area contributed by atoms with Crippen LogP contribution in [0.25, 0.3) is 0 Å². The van der Waals surface area contributed by atoms with E-state index in [-0.39, 0.29) is 23.8 Å². The molecule has 1 aromatic rings. The molecule has 0 radical (unpaired) electrons. The van der Waals surface area contributed by atoms with Gasteiger partial charge in [-0.2, -0.15) is 0 Å². The van der Waals surface area contributed by atoms with Crippen molar-refractivity contribution >= 4 is 18.7 Å². The normalized spacial score (nSPS) is 22.4. The van der Waals surface area contributed by atoms with Crippen molar-refractivity contribution in [1.29, 1.82) is 0 Å². The Morgan fingerprint density at radius 1 is 1.35 bits per heavy atom. The second-order valence-corrected chi connectivity index (χ2v) is 7.47. The van der Waals surface area contributed by atoms with E-state index in [0.717, 1.165) is 31.2 Å². The summed E-state index contributed by atoms with van der Waals surface area (Å²) in [5.41, 5.74) is 8.24. The van der Waals surface area contributed by atoms with Crippen LogP contribution < -0.4 is 10.4 Å². The average molecular weight is 355 g/mol. The predicted octanol–water partition coefficient (Wildman–Crippen LogP) is 2.71. The third kappa shape index (κ3) is 4.25. The van der Waals surface area contributed by atoms with E-state index in [1.54, 1.807) is 12.1 Å². The quantitative estimate of drug-likeness (QED) is 0.482. The minimum Gasteiger partial charge on any atom is -0.535 e. The first-order valence-electron chi connectivity index (χ1n) is 9.37. The minimum atomic E-state index is -1.07. The SMILES string of the molecule is CC(=O)c1cccc2c1OB(O)[C@@H](CC(=O)C=C1CCC(CN)CC1)C2. The van der Waals surface area contributed by atoms with Gasteiger partial charge in [-0.1, -0.05) is 17.7 Å². The summed E-state index contributed by atoms with van der Waals surface area (Å²) >= 11 is 0. The van der Waals surface area contributed by atoms with Crippen LogP contribution in [0.3, 0.4) is 0 Å². The fraction of sp³-hybridized carbons (Fsp3) is 0.500. The van der Waals surface area contributed by atoms with E-state index in [1.165, 1.54) is 12.5 Å². The first-order valence-corrected chi connectivity index (χ1v) is 9.37. The van der Waals surface area contributed by atoms with Crippen LogP contribution in [-0.2, 0) is 11.2 Å². The Morgan fingerprint density at radius 3 is 2.73 bits per heavy atom. The summed E-state index contributed by atoms with van der Waals surface area (Å²) in [6.45, 7) is 2.20. The van der Waals surface area contributed by atoms with E-state index in [0.29, 0.717) is 30.2 Å². The molecule has 26 heavy (non-hydrogen) atoms. The van der Waals surface area contributed by atoms with E-state index in [2.05, 4.69) is 0 Å². The summed E-state index contributed by atoms with van der Waals surface area (Å²) in [5.74, 6) is 0.665. The topological polar surface area (TPSA) is 89.6 Å². The van der Waals surface area contributed by atoms with Gasteiger partial charge in [-0.15, -0.1) is 0 Å². The third-order valence-corrected chi connectivity index (χ3v) is 5.51. The Hall–Kier alpha value is -1.92. The number of Topliss-reactive ketones (excluding diaryl/α,β-unsaturated/α-hetero) is 1. The molecule has 0 spiro atoms. The van der Waals surface area contributed by atoms with Crippen molar-refractivity contribution in [3.63, 3.8) is 0 Å². The van der Waals surface area contributed by atoms with Crippen LogP contribution in [0.2, 0.25) is 5.82 Å². The fourth-order valence-electron chi connectivity index (χ4n) is 3.91. The monoisotopic (exact) mass is 355 g/mol. The standard InChI is InChI=1S/C20H26BNO4/c1-13(23)19-4-2-3-16-10-17(21(25)26-20(16)19)11-18(24)9-14-5-7-15(12-22)8-6-14/h2-4,9,15,17,25H,5-8,10-12,22H2,1H3/t15?,17-/m1/s1. The number of nitrogens with two attached hydrogens (primary N) is 1. The Balaban J connectivity index is 1.65.